The van der Waals surface area contributed by atoms with Gasteiger partial charge in [-0.1, -0.05) is 12.1 Å². The Hall–Kier alpha value is -2.10. The van der Waals surface area contributed by atoms with Crippen molar-refractivity contribution in [1.82, 2.24) is 4.98 Å². The highest BCUT2D eigenvalue weighted by Gasteiger charge is 2.11. The molecule has 0 aliphatic heterocycles. The van der Waals surface area contributed by atoms with Crippen LogP contribution in [0.3, 0.4) is 0 Å². The van der Waals surface area contributed by atoms with Crippen LogP contribution in [0.25, 0.3) is 10.8 Å². The number of benzene rings is 1. The SMILES string of the molecule is CC(Nc1cccc2cnccc12)C(=O)O. The lowest BCUT2D eigenvalue weighted by Crippen LogP contribution is -2.25. The molecule has 0 radical (unpaired) electrons. The average molecular weight is 216 g/mol. The van der Waals surface area contributed by atoms with Gasteiger partial charge in [-0.05, 0) is 19.1 Å². The molecule has 0 bridgehead atoms. The number of fused-ring (bicyclic) bond motifs is 1. The highest BCUT2D eigenvalue weighted by molar-refractivity contribution is 5.94. The van der Waals surface area contributed by atoms with Gasteiger partial charge in [0, 0.05) is 28.9 Å². The van der Waals surface area contributed by atoms with E-state index in [9.17, 15) is 4.79 Å². The fourth-order valence-electron chi connectivity index (χ4n) is 1.54. The molecule has 4 heteroatoms. The molecule has 1 aromatic heterocycles. The summed E-state index contributed by atoms with van der Waals surface area (Å²) in [4.78, 5) is 14.8. The third kappa shape index (κ3) is 1.95. The number of rotatable bonds is 3. The molecule has 0 amide bonds. The predicted octanol–water partition coefficient (Wildman–Crippen LogP) is 2.12. The molecule has 16 heavy (non-hydrogen) atoms. The maximum atomic E-state index is 10.8. The molecule has 1 aromatic carbocycles. The number of carbonyl (C=O) groups is 1. The van der Waals surface area contributed by atoms with Crippen LogP contribution in [0.15, 0.2) is 36.7 Å². The van der Waals surface area contributed by atoms with E-state index in [1.54, 1.807) is 19.3 Å². The molecule has 2 rings (SSSR count). The summed E-state index contributed by atoms with van der Waals surface area (Å²) in [6.07, 6.45) is 3.45. The molecule has 0 fully saturated rings. The average Bonchev–Trinajstić information content (AvgIpc) is 2.29. The van der Waals surface area contributed by atoms with Gasteiger partial charge in [0.2, 0.25) is 0 Å². The van der Waals surface area contributed by atoms with Gasteiger partial charge in [0.05, 0.1) is 0 Å². The molecule has 2 N–H and O–H groups in total. The minimum Gasteiger partial charge on any atom is -0.480 e. The van der Waals surface area contributed by atoms with E-state index in [2.05, 4.69) is 10.3 Å². The smallest absolute Gasteiger partial charge is 0.325 e. The van der Waals surface area contributed by atoms with Crippen LogP contribution >= 0.6 is 0 Å². The number of hydrogen-bond acceptors (Lipinski definition) is 3. The van der Waals surface area contributed by atoms with Crippen LogP contribution in [0.4, 0.5) is 5.69 Å². The molecular weight excluding hydrogens is 204 g/mol. The van der Waals surface area contributed by atoms with Gasteiger partial charge in [-0.3, -0.25) is 9.78 Å². The lowest BCUT2D eigenvalue weighted by molar-refractivity contribution is -0.137. The minimum absolute atomic E-state index is 0.612. The van der Waals surface area contributed by atoms with Gasteiger partial charge in [0.25, 0.3) is 0 Å². The van der Waals surface area contributed by atoms with Gasteiger partial charge in [-0.15, -0.1) is 0 Å². The van der Waals surface area contributed by atoms with Crippen molar-refractivity contribution in [2.75, 3.05) is 5.32 Å². The molecule has 0 spiro atoms. The van der Waals surface area contributed by atoms with E-state index in [0.717, 1.165) is 16.5 Å². The van der Waals surface area contributed by atoms with Crippen molar-refractivity contribution in [1.29, 1.82) is 0 Å². The van der Waals surface area contributed by atoms with E-state index >= 15 is 0 Å². The van der Waals surface area contributed by atoms with Crippen LogP contribution in [-0.2, 0) is 4.79 Å². The first kappa shape index (κ1) is 10.4. The lowest BCUT2D eigenvalue weighted by Gasteiger charge is -2.12. The molecule has 2 aromatic rings. The third-order valence-corrected chi connectivity index (χ3v) is 2.42. The van der Waals surface area contributed by atoms with Crippen molar-refractivity contribution in [3.63, 3.8) is 0 Å². The second-order valence-electron chi connectivity index (χ2n) is 3.61. The zero-order chi connectivity index (χ0) is 11.5. The van der Waals surface area contributed by atoms with Crippen LogP contribution in [0.2, 0.25) is 0 Å². The van der Waals surface area contributed by atoms with Crippen molar-refractivity contribution in [2.45, 2.75) is 13.0 Å². The van der Waals surface area contributed by atoms with E-state index in [-0.39, 0.29) is 0 Å². The number of carboxylic acids is 1. The molecule has 1 unspecified atom stereocenters. The number of carboxylic acid groups (broad SMARTS) is 1. The number of nitrogens with zero attached hydrogens (tertiary/aromatic N) is 1. The molecule has 0 aliphatic rings. The number of aliphatic carboxylic acids is 1. The largest absolute Gasteiger partial charge is 0.480 e. The fourth-order valence-corrected chi connectivity index (χ4v) is 1.54. The van der Waals surface area contributed by atoms with Crippen molar-refractivity contribution >= 4 is 22.4 Å². The maximum absolute atomic E-state index is 10.8. The van der Waals surface area contributed by atoms with Crippen molar-refractivity contribution < 1.29 is 9.90 Å². The predicted molar refractivity (Wildman–Crippen MR) is 62.5 cm³/mol. The third-order valence-electron chi connectivity index (χ3n) is 2.42. The van der Waals surface area contributed by atoms with Gasteiger partial charge in [-0.2, -0.15) is 0 Å². The monoisotopic (exact) mass is 216 g/mol. The first-order valence-electron chi connectivity index (χ1n) is 5.00. The number of hydrogen-bond donors (Lipinski definition) is 2. The Labute approximate surface area is 92.9 Å². The number of aromatic nitrogens is 1. The number of pyridine rings is 1. The van der Waals surface area contributed by atoms with E-state index in [4.69, 9.17) is 5.11 Å². The van der Waals surface area contributed by atoms with Crippen LogP contribution in [0, 0.1) is 0 Å². The van der Waals surface area contributed by atoms with Crippen molar-refractivity contribution in [2.24, 2.45) is 0 Å². The fraction of sp³-hybridized carbons (Fsp3) is 0.167. The van der Waals surface area contributed by atoms with Gasteiger partial charge < -0.3 is 10.4 Å². The second-order valence-corrected chi connectivity index (χ2v) is 3.61. The van der Waals surface area contributed by atoms with Gasteiger partial charge in [-0.25, -0.2) is 0 Å². The maximum Gasteiger partial charge on any atom is 0.325 e. The summed E-state index contributed by atoms with van der Waals surface area (Å²) in [7, 11) is 0. The van der Waals surface area contributed by atoms with Gasteiger partial charge >= 0.3 is 5.97 Å². The Morgan fingerprint density at radius 1 is 1.44 bits per heavy atom. The Balaban J connectivity index is 2.41. The molecular formula is C12H12N2O2. The molecule has 0 saturated carbocycles. The van der Waals surface area contributed by atoms with Crippen molar-refractivity contribution in [3.8, 4) is 0 Å². The first-order valence-corrected chi connectivity index (χ1v) is 5.00. The van der Waals surface area contributed by atoms with Crippen LogP contribution in [-0.4, -0.2) is 22.1 Å². The highest BCUT2D eigenvalue weighted by atomic mass is 16.4. The summed E-state index contributed by atoms with van der Waals surface area (Å²) in [5, 5.41) is 13.8. The number of anilines is 1. The minimum atomic E-state index is -0.869. The van der Waals surface area contributed by atoms with E-state index in [1.807, 2.05) is 24.3 Å². The summed E-state index contributed by atoms with van der Waals surface area (Å²) in [6.45, 7) is 1.61. The summed E-state index contributed by atoms with van der Waals surface area (Å²) in [5.41, 5.74) is 0.815. The van der Waals surface area contributed by atoms with Crippen LogP contribution in [0.1, 0.15) is 6.92 Å². The first-order chi connectivity index (χ1) is 7.68. The second kappa shape index (κ2) is 4.18. The summed E-state index contributed by atoms with van der Waals surface area (Å²) in [6, 6.07) is 6.94. The topological polar surface area (TPSA) is 62.2 Å². The Morgan fingerprint density at radius 3 is 3.00 bits per heavy atom. The summed E-state index contributed by atoms with van der Waals surface area (Å²) >= 11 is 0. The van der Waals surface area contributed by atoms with Crippen LogP contribution < -0.4 is 5.32 Å². The Morgan fingerprint density at radius 2 is 2.25 bits per heavy atom. The van der Waals surface area contributed by atoms with Crippen LogP contribution in [0.5, 0.6) is 0 Å². The number of nitrogens with one attached hydrogen (secondary N) is 1. The molecule has 1 heterocycles. The molecule has 0 aliphatic carbocycles. The molecule has 1 atom stereocenters. The Bertz CT molecular complexity index is 520. The highest BCUT2D eigenvalue weighted by Crippen LogP contribution is 2.22. The lowest BCUT2D eigenvalue weighted by atomic mass is 10.1. The van der Waals surface area contributed by atoms with E-state index in [1.165, 1.54) is 0 Å². The van der Waals surface area contributed by atoms with Gasteiger partial charge in [0.1, 0.15) is 6.04 Å². The Kier molecular flexibility index (Phi) is 2.72. The van der Waals surface area contributed by atoms with E-state index in [0.29, 0.717) is 0 Å². The molecule has 4 nitrogen and oxygen atoms in total. The summed E-state index contributed by atoms with van der Waals surface area (Å²) in [5.74, 6) is -0.869. The van der Waals surface area contributed by atoms with Gasteiger partial charge in [0.15, 0.2) is 0 Å². The van der Waals surface area contributed by atoms with Crippen molar-refractivity contribution in [3.05, 3.63) is 36.7 Å². The van der Waals surface area contributed by atoms with E-state index < -0.39 is 12.0 Å². The zero-order valence-corrected chi connectivity index (χ0v) is 8.84. The normalized spacial score (nSPS) is 12.3. The molecule has 82 valence electrons. The molecule has 0 saturated heterocycles. The summed E-state index contributed by atoms with van der Waals surface area (Å²) < 4.78 is 0. The zero-order valence-electron chi connectivity index (χ0n) is 8.84. The standard InChI is InChI=1S/C12H12N2O2/c1-8(12(15)16)14-11-4-2-3-9-7-13-6-5-10(9)11/h2-8,14H,1H3,(H,15,16). The quantitative estimate of drug-likeness (QED) is 0.824.